The van der Waals surface area contributed by atoms with E-state index >= 15 is 0 Å². The molecule has 18 heavy (non-hydrogen) atoms. The van der Waals surface area contributed by atoms with Gasteiger partial charge in [-0.1, -0.05) is 36.4 Å². The molecule has 0 aromatic heterocycles. The van der Waals surface area contributed by atoms with Crippen LogP contribution in [-0.4, -0.2) is 17.9 Å². The summed E-state index contributed by atoms with van der Waals surface area (Å²) in [5.74, 6) is 0. The number of para-hydroxylation sites is 2. The predicted molar refractivity (Wildman–Crippen MR) is 75.2 cm³/mol. The number of hydrazone groups is 1. The minimum absolute atomic E-state index is 0.112. The van der Waals surface area contributed by atoms with Crippen molar-refractivity contribution in [1.82, 2.24) is 0 Å². The van der Waals surface area contributed by atoms with E-state index in [0.29, 0.717) is 6.42 Å². The molecule has 0 atom stereocenters. The van der Waals surface area contributed by atoms with E-state index in [4.69, 9.17) is 5.11 Å². The first-order valence-electron chi connectivity index (χ1n) is 5.95. The number of hydrogen-bond acceptors (Lipinski definition) is 3. The fraction of sp³-hybridized carbons (Fsp3) is 0.133. The lowest BCUT2D eigenvalue weighted by molar-refractivity contribution is 0.308. The minimum Gasteiger partial charge on any atom is -0.396 e. The molecule has 0 heterocycles. The molecule has 2 rings (SSSR count). The predicted octanol–water partition coefficient (Wildman–Crippen LogP) is 3.19. The second kappa shape index (κ2) is 6.57. The van der Waals surface area contributed by atoms with E-state index in [0.717, 1.165) is 11.4 Å². The van der Waals surface area contributed by atoms with E-state index in [1.165, 1.54) is 0 Å². The van der Waals surface area contributed by atoms with E-state index < -0.39 is 0 Å². The van der Waals surface area contributed by atoms with Crippen LogP contribution in [-0.2, 0) is 0 Å². The lowest BCUT2D eigenvalue weighted by atomic mass is 10.2. The maximum absolute atomic E-state index is 8.81. The average Bonchev–Trinajstić information content (AvgIpc) is 2.46. The van der Waals surface area contributed by atoms with Gasteiger partial charge in [0.2, 0.25) is 0 Å². The van der Waals surface area contributed by atoms with Gasteiger partial charge in [-0.25, -0.2) is 5.01 Å². The molecule has 0 aliphatic heterocycles. The Morgan fingerprint density at radius 3 is 1.83 bits per heavy atom. The monoisotopic (exact) mass is 240 g/mol. The van der Waals surface area contributed by atoms with Gasteiger partial charge >= 0.3 is 0 Å². The first-order chi connectivity index (χ1) is 8.92. The van der Waals surface area contributed by atoms with Crippen LogP contribution in [0.4, 0.5) is 11.4 Å². The summed E-state index contributed by atoms with van der Waals surface area (Å²) in [4.78, 5) is 0. The van der Waals surface area contributed by atoms with Crippen LogP contribution < -0.4 is 5.01 Å². The lowest BCUT2D eigenvalue weighted by Gasteiger charge is -2.19. The summed E-state index contributed by atoms with van der Waals surface area (Å²) in [6, 6.07) is 19.9. The Bertz CT molecular complexity index is 443. The van der Waals surface area contributed by atoms with Crippen molar-refractivity contribution >= 4 is 17.6 Å². The van der Waals surface area contributed by atoms with Crippen molar-refractivity contribution in [2.24, 2.45) is 5.10 Å². The summed E-state index contributed by atoms with van der Waals surface area (Å²) in [5.41, 5.74) is 2.00. The lowest BCUT2D eigenvalue weighted by Crippen LogP contribution is -2.09. The molecule has 0 spiro atoms. The first-order valence-corrected chi connectivity index (χ1v) is 5.95. The number of nitrogens with zero attached hydrogens (tertiary/aromatic N) is 2. The number of aliphatic hydroxyl groups excluding tert-OH is 1. The van der Waals surface area contributed by atoms with Crippen LogP contribution in [0.15, 0.2) is 65.8 Å². The van der Waals surface area contributed by atoms with Gasteiger partial charge in [-0.05, 0) is 24.3 Å². The third kappa shape index (κ3) is 3.18. The molecule has 0 aliphatic carbocycles. The van der Waals surface area contributed by atoms with Crippen molar-refractivity contribution < 1.29 is 5.11 Å². The second-order valence-corrected chi connectivity index (χ2v) is 3.79. The van der Waals surface area contributed by atoms with Gasteiger partial charge in [0.25, 0.3) is 0 Å². The molecule has 0 amide bonds. The quantitative estimate of drug-likeness (QED) is 0.643. The molecule has 92 valence electrons. The molecule has 3 nitrogen and oxygen atoms in total. The summed E-state index contributed by atoms with van der Waals surface area (Å²) in [5, 5.41) is 15.1. The largest absolute Gasteiger partial charge is 0.396 e. The molecule has 0 unspecified atom stereocenters. The van der Waals surface area contributed by atoms with Crippen LogP contribution in [0.2, 0.25) is 0 Å². The molecule has 3 heteroatoms. The van der Waals surface area contributed by atoms with Gasteiger partial charge in [0.1, 0.15) is 0 Å². The number of rotatable bonds is 5. The topological polar surface area (TPSA) is 35.8 Å². The van der Waals surface area contributed by atoms with Gasteiger partial charge in [0, 0.05) is 19.2 Å². The highest BCUT2D eigenvalue weighted by Crippen LogP contribution is 2.24. The number of aliphatic hydroxyl groups is 1. The van der Waals surface area contributed by atoms with Crippen LogP contribution in [0.5, 0.6) is 0 Å². The number of benzene rings is 2. The zero-order valence-electron chi connectivity index (χ0n) is 10.1. The van der Waals surface area contributed by atoms with E-state index in [-0.39, 0.29) is 6.61 Å². The SMILES string of the molecule is OCC/C=N/N(c1ccccc1)c1ccccc1. The zero-order chi connectivity index (χ0) is 12.6. The highest BCUT2D eigenvalue weighted by Gasteiger charge is 2.05. The Morgan fingerprint density at radius 1 is 0.889 bits per heavy atom. The van der Waals surface area contributed by atoms with Gasteiger partial charge < -0.3 is 5.11 Å². The third-order valence-corrected chi connectivity index (χ3v) is 2.46. The second-order valence-electron chi connectivity index (χ2n) is 3.79. The highest BCUT2D eigenvalue weighted by molar-refractivity contribution is 5.67. The highest BCUT2D eigenvalue weighted by atomic mass is 16.2. The van der Waals surface area contributed by atoms with Crippen LogP contribution in [0.1, 0.15) is 6.42 Å². The fourth-order valence-electron chi connectivity index (χ4n) is 1.62. The van der Waals surface area contributed by atoms with Gasteiger partial charge in [-0.15, -0.1) is 0 Å². The normalized spacial score (nSPS) is 10.7. The Hall–Kier alpha value is -2.13. The van der Waals surface area contributed by atoms with Crippen LogP contribution >= 0.6 is 0 Å². The average molecular weight is 240 g/mol. The van der Waals surface area contributed by atoms with Gasteiger partial charge in [-0.2, -0.15) is 5.10 Å². The first kappa shape index (κ1) is 12.3. The molecule has 2 aromatic carbocycles. The Kier molecular flexibility index (Phi) is 4.50. The number of anilines is 2. The van der Waals surface area contributed by atoms with Gasteiger partial charge in [0.05, 0.1) is 11.4 Å². The van der Waals surface area contributed by atoms with E-state index in [9.17, 15) is 0 Å². The van der Waals surface area contributed by atoms with Crippen molar-refractivity contribution in [1.29, 1.82) is 0 Å². The number of hydrogen-bond donors (Lipinski definition) is 1. The van der Waals surface area contributed by atoms with Crippen LogP contribution in [0.3, 0.4) is 0 Å². The molecule has 0 bridgehead atoms. The molecular weight excluding hydrogens is 224 g/mol. The fourth-order valence-corrected chi connectivity index (χ4v) is 1.62. The van der Waals surface area contributed by atoms with Gasteiger partial charge in [0.15, 0.2) is 0 Å². The van der Waals surface area contributed by atoms with E-state index in [2.05, 4.69) is 5.10 Å². The smallest absolute Gasteiger partial charge is 0.0652 e. The van der Waals surface area contributed by atoms with Crippen molar-refractivity contribution in [3.63, 3.8) is 0 Å². The molecule has 1 N–H and O–H groups in total. The molecule has 2 aromatic rings. The Morgan fingerprint density at radius 2 is 1.39 bits per heavy atom. The van der Waals surface area contributed by atoms with E-state index in [1.807, 2.05) is 65.7 Å². The van der Waals surface area contributed by atoms with Crippen LogP contribution in [0.25, 0.3) is 0 Å². The summed E-state index contributed by atoms with van der Waals surface area (Å²) in [6.07, 6.45) is 2.27. The molecule has 0 fully saturated rings. The summed E-state index contributed by atoms with van der Waals surface area (Å²) in [6.45, 7) is 0.112. The Labute approximate surface area is 107 Å². The van der Waals surface area contributed by atoms with Crippen molar-refractivity contribution in [2.45, 2.75) is 6.42 Å². The maximum atomic E-state index is 8.81. The molecule has 0 saturated carbocycles. The summed E-state index contributed by atoms with van der Waals surface area (Å²) in [7, 11) is 0. The maximum Gasteiger partial charge on any atom is 0.0652 e. The third-order valence-electron chi connectivity index (χ3n) is 2.46. The standard InChI is InChI=1S/C15H16N2O/c18-13-7-12-16-17(14-8-3-1-4-9-14)15-10-5-2-6-11-15/h1-6,8-12,18H,7,13H2/b16-12+. The molecule has 0 aliphatic rings. The van der Waals surface area contributed by atoms with Gasteiger partial charge in [-0.3, -0.25) is 0 Å². The van der Waals surface area contributed by atoms with Crippen molar-refractivity contribution in [3.05, 3.63) is 60.7 Å². The Balaban J connectivity index is 2.29. The molecule has 0 saturated heterocycles. The van der Waals surface area contributed by atoms with Crippen LogP contribution in [0, 0.1) is 0 Å². The molecular formula is C15H16N2O. The molecule has 0 radical (unpaired) electrons. The van der Waals surface area contributed by atoms with E-state index in [1.54, 1.807) is 6.21 Å². The summed E-state index contributed by atoms with van der Waals surface area (Å²) < 4.78 is 0. The zero-order valence-corrected chi connectivity index (χ0v) is 10.1. The minimum atomic E-state index is 0.112. The van der Waals surface area contributed by atoms with Crippen molar-refractivity contribution in [2.75, 3.05) is 11.6 Å². The summed E-state index contributed by atoms with van der Waals surface area (Å²) >= 11 is 0. The van der Waals surface area contributed by atoms with Crippen molar-refractivity contribution in [3.8, 4) is 0 Å².